The predicted molar refractivity (Wildman–Crippen MR) is 171 cm³/mol. The van der Waals surface area contributed by atoms with E-state index in [1.165, 1.54) is 11.3 Å². The van der Waals surface area contributed by atoms with E-state index in [0.717, 1.165) is 10.1 Å². The molecule has 6 rings (SSSR count). The van der Waals surface area contributed by atoms with Crippen LogP contribution in [0.5, 0.6) is 0 Å². The minimum absolute atomic E-state index is 0.0158. The normalized spacial score (nSPS) is 21.9. The number of carboxylic acids is 1. The number of nitrogens with one attached hydrogen (secondary N) is 1. The van der Waals surface area contributed by atoms with Gasteiger partial charge in [-0.05, 0) is 55.9 Å². The van der Waals surface area contributed by atoms with E-state index in [1.807, 2.05) is 45.3 Å². The van der Waals surface area contributed by atoms with Crippen LogP contribution in [0.4, 0.5) is 5.69 Å². The van der Waals surface area contributed by atoms with Gasteiger partial charge >= 0.3 is 5.97 Å². The number of fused-ring (bicyclic) bond motifs is 1. The topological polar surface area (TPSA) is 114 Å². The first-order chi connectivity index (χ1) is 21.3. The lowest BCUT2D eigenvalue weighted by atomic mass is 9.87. The number of aromatic nitrogens is 2. The molecule has 2 N–H and O–H groups in total. The van der Waals surface area contributed by atoms with E-state index in [1.54, 1.807) is 24.7 Å². The van der Waals surface area contributed by atoms with Crippen molar-refractivity contribution in [2.45, 2.75) is 56.7 Å². The summed E-state index contributed by atoms with van der Waals surface area (Å²) in [4.78, 5) is 44.1. The number of amides is 2. The number of hydrogen-bond acceptors (Lipinski definition) is 6. The molecule has 2 amide bonds. The van der Waals surface area contributed by atoms with Crippen molar-refractivity contribution in [3.63, 3.8) is 0 Å². The van der Waals surface area contributed by atoms with E-state index in [4.69, 9.17) is 27.9 Å². The van der Waals surface area contributed by atoms with Gasteiger partial charge in [-0.15, -0.1) is 11.3 Å². The second kappa shape index (κ2) is 13.3. The molecule has 2 aromatic carbocycles. The number of hydrogen-bond donors (Lipinski definition) is 2. The second-order valence-electron chi connectivity index (χ2n) is 11.4. The molecule has 4 aromatic rings. The smallest absolute Gasteiger partial charge is 0.306 e. The molecule has 0 spiro atoms. The predicted octanol–water partition coefficient (Wildman–Crippen LogP) is 6.70. The summed E-state index contributed by atoms with van der Waals surface area (Å²) in [7, 11) is 0. The third-order valence-corrected chi connectivity index (χ3v) is 10.3. The molecular formula is C32H32Cl2N4O5S. The summed E-state index contributed by atoms with van der Waals surface area (Å²) in [5, 5.41) is 15.5. The van der Waals surface area contributed by atoms with Gasteiger partial charge in [-0.3, -0.25) is 14.4 Å². The lowest BCUT2D eigenvalue weighted by Gasteiger charge is -2.30. The van der Waals surface area contributed by atoms with Gasteiger partial charge in [-0.25, -0.2) is 4.98 Å². The van der Waals surface area contributed by atoms with Crippen LogP contribution < -0.4 is 5.32 Å². The Kier molecular flexibility index (Phi) is 9.23. The van der Waals surface area contributed by atoms with Crippen LogP contribution in [0.1, 0.15) is 54.1 Å². The summed E-state index contributed by atoms with van der Waals surface area (Å²) in [5.41, 5.74) is 1.50. The molecule has 2 fully saturated rings. The van der Waals surface area contributed by atoms with Crippen LogP contribution in [-0.2, 0) is 20.7 Å². The highest BCUT2D eigenvalue weighted by Crippen LogP contribution is 2.34. The summed E-state index contributed by atoms with van der Waals surface area (Å²) >= 11 is 14.7. The molecule has 44 heavy (non-hydrogen) atoms. The molecular weight excluding hydrogens is 623 g/mol. The molecule has 2 aromatic heterocycles. The van der Waals surface area contributed by atoms with E-state index in [9.17, 15) is 19.5 Å². The maximum Gasteiger partial charge on any atom is 0.306 e. The zero-order chi connectivity index (χ0) is 30.8. The van der Waals surface area contributed by atoms with E-state index < -0.39 is 5.97 Å². The van der Waals surface area contributed by atoms with Crippen molar-refractivity contribution in [2.75, 3.05) is 18.5 Å². The Bertz CT molecular complexity index is 1670. The number of likely N-dealkylation sites (tertiary alicyclic amines) is 1. The standard InChI is InChI=1S/C32H32Cl2N4O5S/c33-26-14-28(36-31(40)25-17-44-29-4-2-1-3-24(25)29)27(34)11-20(26)12-30(39)38-15-21(37-10-9-35-18-37)13-22(38)16-43-23-7-5-19(6-8-23)32(41)42/h1-4,9-11,14,17-19,21-23H,5-8,12-13,15-16H2,(H,36,40)(H,41,42)/t19?,21?,22-,23?/m0/s1. The maximum atomic E-state index is 13.7. The molecule has 0 radical (unpaired) electrons. The average Bonchev–Trinajstić information content (AvgIpc) is 3.78. The van der Waals surface area contributed by atoms with Crippen molar-refractivity contribution in [1.82, 2.24) is 14.5 Å². The number of rotatable bonds is 9. The minimum atomic E-state index is -0.746. The number of anilines is 1. The number of benzene rings is 2. The van der Waals surface area contributed by atoms with Crippen LogP contribution in [0.3, 0.4) is 0 Å². The van der Waals surface area contributed by atoms with Gasteiger partial charge in [0.05, 0.1) is 59.7 Å². The zero-order valence-electron chi connectivity index (χ0n) is 23.8. The first-order valence-corrected chi connectivity index (χ1v) is 16.3. The van der Waals surface area contributed by atoms with Crippen molar-refractivity contribution >= 4 is 68.1 Å². The van der Waals surface area contributed by atoms with Crippen LogP contribution in [-0.4, -0.2) is 62.6 Å². The molecule has 2 aliphatic rings. The molecule has 1 unspecified atom stereocenters. The second-order valence-corrected chi connectivity index (χ2v) is 13.2. The molecule has 1 saturated carbocycles. The highest BCUT2D eigenvalue weighted by Gasteiger charge is 2.37. The van der Waals surface area contributed by atoms with E-state index >= 15 is 0 Å². The monoisotopic (exact) mass is 654 g/mol. The van der Waals surface area contributed by atoms with Crippen molar-refractivity contribution in [3.05, 3.63) is 81.7 Å². The number of carbonyl (C=O) groups is 3. The van der Waals surface area contributed by atoms with E-state index in [-0.39, 0.29) is 42.3 Å². The summed E-state index contributed by atoms with van der Waals surface area (Å²) < 4.78 is 9.27. The van der Waals surface area contributed by atoms with Gasteiger partial charge in [0.15, 0.2) is 0 Å². The van der Waals surface area contributed by atoms with Crippen LogP contribution in [0.2, 0.25) is 10.0 Å². The number of halogens is 2. The molecule has 12 heteroatoms. The van der Waals surface area contributed by atoms with Gasteiger partial charge in [0, 0.05) is 39.4 Å². The Labute approximate surface area is 268 Å². The number of carbonyl (C=O) groups excluding carboxylic acids is 2. The number of carboxylic acid groups (broad SMARTS) is 1. The van der Waals surface area contributed by atoms with Gasteiger partial charge < -0.3 is 24.6 Å². The first-order valence-electron chi connectivity index (χ1n) is 14.6. The van der Waals surface area contributed by atoms with Gasteiger partial charge in [0.1, 0.15) is 0 Å². The number of aliphatic carboxylic acids is 1. The van der Waals surface area contributed by atoms with Crippen molar-refractivity contribution in [1.29, 1.82) is 0 Å². The fraction of sp³-hybridized carbons (Fsp3) is 0.375. The van der Waals surface area contributed by atoms with Gasteiger partial charge in [-0.2, -0.15) is 0 Å². The maximum absolute atomic E-state index is 13.7. The Balaban J connectivity index is 1.13. The molecule has 230 valence electrons. The average molecular weight is 656 g/mol. The van der Waals surface area contributed by atoms with Crippen LogP contribution in [0.25, 0.3) is 10.1 Å². The molecule has 1 aliphatic carbocycles. The molecule has 1 aliphatic heterocycles. The fourth-order valence-corrected chi connectivity index (χ4v) is 7.61. The van der Waals surface area contributed by atoms with Gasteiger partial charge in [0.25, 0.3) is 5.91 Å². The number of nitrogens with zero attached hydrogens (tertiary/aromatic N) is 3. The molecule has 9 nitrogen and oxygen atoms in total. The van der Waals surface area contributed by atoms with E-state index in [0.29, 0.717) is 72.1 Å². The first kappa shape index (κ1) is 30.6. The Morgan fingerprint density at radius 2 is 1.89 bits per heavy atom. The Morgan fingerprint density at radius 3 is 2.64 bits per heavy atom. The molecule has 0 bridgehead atoms. The van der Waals surface area contributed by atoms with Crippen molar-refractivity contribution in [3.8, 4) is 0 Å². The van der Waals surface area contributed by atoms with Gasteiger partial charge in [-0.1, -0.05) is 41.4 Å². The summed E-state index contributed by atoms with van der Waals surface area (Å²) in [5.74, 6) is -1.44. The van der Waals surface area contributed by atoms with Crippen LogP contribution in [0.15, 0.2) is 60.5 Å². The third-order valence-electron chi connectivity index (χ3n) is 8.66. The van der Waals surface area contributed by atoms with Crippen molar-refractivity contribution in [2.24, 2.45) is 5.92 Å². The third kappa shape index (κ3) is 6.63. The lowest BCUT2D eigenvalue weighted by molar-refractivity contribution is -0.144. The van der Waals surface area contributed by atoms with Gasteiger partial charge in [0.2, 0.25) is 5.91 Å². The van der Waals surface area contributed by atoms with Crippen LogP contribution in [0, 0.1) is 5.92 Å². The molecule has 2 atom stereocenters. The SMILES string of the molecule is O=C(Nc1cc(Cl)c(CC(=O)N2CC(n3ccnc3)C[C@H]2COC2CCC(C(=O)O)CC2)cc1Cl)c1csc2ccccc12. The molecule has 1 saturated heterocycles. The minimum Gasteiger partial charge on any atom is -0.481 e. The quantitative estimate of drug-likeness (QED) is 0.208. The lowest BCUT2D eigenvalue weighted by Crippen LogP contribution is -2.40. The Hall–Kier alpha value is -3.44. The van der Waals surface area contributed by atoms with E-state index in [2.05, 4.69) is 10.3 Å². The molecule has 3 heterocycles. The highest BCUT2D eigenvalue weighted by molar-refractivity contribution is 7.17. The fourth-order valence-electron chi connectivity index (χ4n) is 6.21. The number of thiophene rings is 1. The highest BCUT2D eigenvalue weighted by atomic mass is 35.5. The largest absolute Gasteiger partial charge is 0.481 e. The number of ether oxygens (including phenoxy) is 1. The van der Waals surface area contributed by atoms with Crippen LogP contribution >= 0.6 is 34.5 Å². The number of imidazole rings is 1. The Morgan fingerprint density at radius 1 is 1.09 bits per heavy atom. The summed E-state index contributed by atoms with van der Waals surface area (Å²) in [6, 6.07) is 10.8. The zero-order valence-corrected chi connectivity index (χ0v) is 26.2. The summed E-state index contributed by atoms with van der Waals surface area (Å²) in [6.07, 6.45) is 8.71. The summed E-state index contributed by atoms with van der Waals surface area (Å²) in [6.45, 7) is 0.874. The van der Waals surface area contributed by atoms with Crippen molar-refractivity contribution < 1.29 is 24.2 Å².